The fraction of sp³-hybridized carbons (Fsp3) is 0.176. The van der Waals surface area contributed by atoms with E-state index in [-0.39, 0.29) is 30.0 Å². The maximum atomic E-state index is 12.7. The minimum absolute atomic E-state index is 0.0775. The second-order valence-electron chi connectivity index (χ2n) is 4.71. The first kappa shape index (κ1) is 15.4. The maximum Gasteiger partial charge on any atom is 0.270 e. The number of hydrogen-bond acceptors (Lipinski definition) is 4. The van der Waals surface area contributed by atoms with Crippen LogP contribution in [0.15, 0.2) is 42.6 Å². The highest BCUT2D eigenvalue weighted by Gasteiger charge is 2.20. The van der Waals surface area contributed by atoms with Crippen molar-refractivity contribution in [2.24, 2.45) is 0 Å². The van der Waals surface area contributed by atoms with E-state index in [9.17, 15) is 9.59 Å². The molecule has 0 saturated heterocycles. The van der Waals surface area contributed by atoms with Gasteiger partial charge in [0.1, 0.15) is 5.69 Å². The van der Waals surface area contributed by atoms with Gasteiger partial charge in [0.25, 0.3) is 5.91 Å². The van der Waals surface area contributed by atoms with Gasteiger partial charge in [-0.25, -0.2) is 0 Å². The number of nitrogens with zero attached hydrogens (tertiary/aromatic N) is 2. The third-order valence-electron chi connectivity index (χ3n) is 3.18. The number of hydrogen-bond donors (Lipinski definition) is 1. The maximum absolute atomic E-state index is 12.7. The van der Waals surface area contributed by atoms with Gasteiger partial charge in [-0.05, 0) is 24.6 Å². The van der Waals surface area contributed by atoms with Crippen LogP contribution in [0.1, 0.15) is 38.4 Å². The summed E-state index contributed by atoms with van der Waals surface area (Å²) in [6.07, 6.45) is 1.67. The summed E-state index contributed by atoms with van der Waals surface area (Å²) in [7, 11) is 0. The first-order valence-electron chi connectivity index (χ1n) is 6.85. The van der Waals surface area contributed by atoms with Crippen LogP contribution in [0.4, 0.5) is 0 Å². The Hall–Kier alpha value is -3.00. The summed E-state index contributed by atoms with van der Waals surface area (Å²) in [5.41, 5.74) is 1.72. The van der Waals surface area contributed by atoms with Crippen LogP contribution in [-0.2, 0) is 0 Å². The SMILES string of the molecule is Cc1ccccc1C(=O)c1cccnc1C(=O)NCCC#N. The highest BCUT2D eigenvalue weighted by Crippen LogP contribution is 2.16. The van der Waals surface area contributed by atoms with Crippen molar-refractivity contribution in [3.8, 4) is 6.07 Å². The average Bonchev–Trinajstić information content (AvgIpc) is 2.55. The fourth-order valence-corrected chi connectivity index (χ4v) is 2.06. The molecule has 0 saturated carbocycles. The summed E-state index contributed by atoms with van der Waals surface area (Å²) in [5.74, 6) is -0.690. The van der Waals surface area contributed by atoms with E-state index < -0.39 is 5.91 Å². The molecule has 0 atom stereocenters. The van der Waals surface area contributed by atoms with Crippen molar-refractivity contribution in [3.63, 3.8) is 0 Å². The van der Waals surface area contributed by atoms with Gasteiger partial charge in [0.05, 0.1) is 18.1 Å². The van der Waals surface area contributed by atoms with Gasteiger partial charge in [-0.3, -0.25) is 14.6 Å². The quantitative estimate of drug-likeness (QED) is 0.677. The topological polar surface area (TPSA) is 82.8 Å². The second-order valence-corrected chi connectivity index (χ2v) is 4.71. The second kappa shape index (κ2) is 7.14. The van der Waals surface area contributed by atoms with E-state index >= 15 is 0 Å². The molecule has 110 valence electrons. The number of amides is 1. The Labute approximate surface area is 128 Å². The summed E-state index contributed by atoms with van der Waals surface area (Å²) in [6.45, 7) is 2.07. The Balaban J connectivity index is 2.33. The first-order chi connectivity index (χ1) is 10.6. The van der Waals surface area contributed by atoms with Gasteiger partial charge in [-0.15, -0.1) is 0 Å². The smallest absolute Gasteiger partial charge is 0.270 e. The Morgan fingerprint density at radius 1 is 1.18 bits per heavy atom. The van der Waals surface area contributed by atoms with Crippen LogP contribution < -0.4 is 5.32 Å². The van der Waals surface area contributed by atoms with Crippen LogP contribution in [0, 0.1) is 18.3 Å². The summed E-state index contributed by atoms with van der Waals surface area (Å²) in [4.78, 5) is 28.8. The van der Waals surface area contributed by atoms with E-state index in [2.05, 4.69) is 10.3 Å². The number of ketones is 1. The van der Waals surface area contributed by atoms with Gasteiger partial charge >= 0.3 is 0 Å². The lowest BCUT2D eigenvalue weighted by Crippen LogP contribution is -2.27. The zero-order valence-corrected chi connectivity index (χ0v) is 12.2. The zero-order valence-electron chi connectivity index (χ0n) is 12.2. The molecule has 5 nitrogen and oxygen atoms in total. The van der Waals surface area contributed by atoms with E-state index in [1.807, 2.05) is 25.1 Å². The molecule has 0 aliphatic carbocycles. The Morgan fingerprint density at radius 2 is 1.91 bits per heavy atom. The minimum Gasteiger partial charge on any atom is -0.350 e. The molecule has 2 aromatic rings. The van der Waals surface area contributed by atoms with Crippen LogP contribution in [0.3, 0.4) is 0 Å². The average molecular weight is 293 g/mol. The van der Waals surface area contributed by atoms with Crippen LogP contribution in [0.2, 0.25) is 0 Å². The lowest BCUT2D eigenvalue weighted by molar-refractivity contribution is 0.0937. The Morgan fingerprint density at radius 3 is 2.64 bits per heavy atom. The molecule has 0 bridgehead atoms. The Bertz CT molecular complexity index is 748. The lowest BCUT2D eigenvalue weighted by Gasteiger charge is -2.09. The molecular formula is C17H15N3O2. The largest absolute Gasteiger partial charge is 0.350 e. The lowest BCUT2D eigenvalue weighted by atomic mass is 9.98. The predicted molar refractivity (Wildman–Crippen MR) is 81.4 cm³/mol. The first-order valence-corrected chi connectivity index (χ1v) is 6.85. The molecule has 0 unspecified atom stereocenters. The van der Waals surface area contributed by atoms with E-state index in [0.29, 0.717) is 5.56 Å². The number of benzene rings is 1. The van der Waals surface area contributed by atoms with Crippen LogP contribution in [0.25, 0.3) is 0 Å². The summed E-state index contributed by atoms with van der Waals surface area (Å²) in [5, 5.41) is 11.1. The third-order valence-corrected chi connectivity index (χ3v) is 3.18. The molecule has 0 radical (unpaired) electrons. The molecule has 1 aromatic heterocycles. The normalized spacial score (nSPS) is 9.82. The predicted octanol–water partition coefficient (Wildman–Crippen LogP) is 2.26. The summed E-state index contributed by atoms with van der Waals surface area (Å²) >= 11 is 0. The monoisotopic (exact) mass is 293 g/mol. The number of pyridine rings is 1. The molecule has 1 amide bonds. The van der Waals surface area contributed by atoms with E-state index in [4.69, 9.17) is 5.26 Å². The fourth-order valence-electron chi connectivity index (χ4n) is 2.06. The molecule has 0 aliphatic rings. The third kappa shape index (κ3) is 3.36. The van der Waals surface area contributed by atoms with Gasteiger partial charge in [0.15, 0.2) is 5.78 Å². The molecule has 1 aromatic carbocycles. The van der Waals surface area contributed by atoms with Gasteiger partial charge in [-0.1, -0.05) is 24.3 Å². The molecule has 22 heavy (non-hydrogen) atoms. The van der Waals surface area contributed by atoms with Crippen molar-refractivity contribution in [1.82, 2.24) is 10.3 Å². The van der Waals surface area contributed by atoms with Crippen LogP contribution >= 0.6 is 0 Å². The highest BCUT2D eigenvalue weighted by atomic mass is 16.2. The van der Waals surface area contributed by atoms with Crippen molar-refractivity contribution in [3.05, 3.63) is 65.0 Å². The standard InChI is InChI=1S/C17H15N3O2/c1-12-6-2-3-7-13(12)16(21)14-8-4-10-19-15(14)17(22)20-11-5-9-18/h2-4,6-8,10H,5,11H2,1H3,(H,20,22). The Kier molecular flexibility index (Phi) is 4.99. The molecule has 2 rings (SSSR count). The number of nitriles is 1. The van der Waals surface area contributed by atoms with Crippen molar-refractivity contribution in [2.45, 2.75) is 13.3 Å². The number of aromatic nitrogens is 1. The minimum atomic E-state index is -0.451. The zero-order chi connectivity index (χ0) is 15.9. The van der Waals surface area contributed by atoms with Crippen molar-refractivity contribution in [1.29, 1.82) is 5.26 Å². The summed E-state index contributed by atoms with van der Waals surface area (Å²) in [6, 6.07) is 12.4. The molecule has 0 spiro atoms. The highest BCUT2D eigenvalue weighted by molar-refractivity contribution is 6.15. The van der Waals surface area contributed by atoms with E-state index in [1.54, 1.807) is 24.3 Å². The van der Waals surface area contributed by atoms with Crippen molar-refractivity contribution < 1.29 is 9.59 Å². The van der Waals surface area contributed by atoms with Gasteiger partial charge in [-0.2, -0.15) is 5.26 Å². The molecular weight excluding hydrogens is 278 g/mol. The number of nitrogens with one attached hydrogen (secondary N) is 1. The number of aryl methyl sites for hydroxylation is 1. The molecule has 1 heterocycles. The van der Waals surface area contributed by atoms with Crippen LogP contribution in [0.5, 0.6) is 0 Å². The van der Waals surface area contributed by atoms with Crippen molar-refractivity contribution >= 4 is 11.7 Å². The molecule has 5 heteroatoms. The van der Waals surface area contributed by atoms with Crippen LogP contribution in [-0.4, -0.2) is 23.2 Å². The number of carbonyl (C=O) groups excluding carboxylic acids is 2. The van der Waals surface area contributed by atoms with E-state index in [1.165, 1.54) is 6.20 Å². The van der Waals surface area contributed by atoms with Gasteiger partial charge in [0.2, 0.25) is 0 Å². The molecule has 1 N–H and O–H groups in total. The number of carbonyl (C=O) groups is 2. The molecule has 0 aliphatic heterocycles. The molecule has 0 fully saturated rings. The van der Waals surface area contributed by atoms with Gasteiger partial charge in [0, 0.05) is 18.3 Å². The van der Waals surface area contributed by atoms with Crippen molar-refractivity contribution in [2.75, 3.05) is 6.54 Å². The number of rotatable bonds is 5. The van der Waals surface area contributed by atoms with Gasteiger partial charge < -0.3 is 5.32 Å². The van der Waals surface area contributed by atoms with E-state index in [0.717, 1.165) is 5.56 Å². The summed E-state index contributed by atoms with van der Waals surface area (Å²) < 4.78 is 0.